The van der Waals surface area contributed by atoms with E-state index in [1.54, 1.807) is 18.4 Å². The average Bonchev–Trinajstić information content (AvgIpc) is 2.72. The largest absolute Gasteiger partial charge is 0.497 e. The van der Waals surface area contributed by atoms with Crippen LogP contribution in [0.5, 0.6) is 5.75 Å². The van der Waals surface area contributed by atoms with Crippen molar-refractivity contribution in [2.24, 2.45) is 0 Å². The fourth-order valence-corrected chi connectivity index (χ4v) is 2.88. The van der Waals surface area contributed by atoms with Crippen LogP contribution in [0.1, 0.15) is 13.3 Å². The Kier molecular flexibility index (Phi) is 3.97. The van der Waals surface area contributed by atoms with Crippen LogP contribution in [-0.2, 0) is 6.54 Å². The monoisotopic (exact) mass is 265 g/mol. The molecule has 0 N–H and O–H groups in total. The molecule has 0 atom stereocenters. The highest BCUT2D eigenvalue weighted by atomic mass is 32.1. The second-order valence-corrected chi connectivity index (χ2v) is 5.27. The van der Waals surface area contributed by atoms with Gasteiger partial charge in [0.05, 0.1) is 12.8 Å². The quantitative estimate of drug-likeness (QED) is 0.762. The summed E-state index contributed by atoms with van der Waals surface area (Å²) in [6.45, 7) is 3.14. The summed E-state index contributed by atoms with van der Waals surface area (Å²) in [6, 6.07) is 8.10. The van der Waals surface area contributed by atoms with Crippen molar-refractivity contribution in [3.63, 3.8) is 0 Å². The second kappa shape index (κ2) is 5.47. The summed E-state index contributed by atoms with van der Waals surface area (Å²) in [7, 11) is 1.68. The van der Waals surface area contributed by atoms with Crippen molar-refractivity contribution in [2.45, 2.75) is 19.9 Å². The van der Waals surface area contributed by atoms with E-state index in [2.05, 4.69) is 29.0 Å². The van der Waals surface area contributed by atoms with E-state index in [-0.39, 0.29) is 0 Å². The Labute approximate surface area is 110 Å². The first-order valence-corrected chi connectivity index (χ1v) is 6.87. The zero-order valence-corrected chi connectivity index (χ0v) is 11.6. The Hall–Kier alpha value is -1.13. The molecule has 0 saturated carbocycles. The van der Waals surface area contributed by atoms with E-state index in [1.807, 2.05) is 12.1 Å². The molecule has 0 unspecified atom stereocenters. The lowest BCUT2D eigenvalue weighted by molar-refractivity contribution is 0.415. The molecule has 0 aliphatic heterocycles. The third-order valence-electron chi connectivity index (χ3n) is 2.62. The van der Waals surface area contributed by atoms with Gasteiger partial charge in [0.1, 0.15) is 5.75 Å². The van der Waals surface area contributed by atoms with E-state index >= 15 is 0 Å². The zero-order chi connectivity index (χ0) is 12.3. The van der Waals surface area contributed by atoms with Crippen molar-refractivity contribution in [3.05, 3.63) is 33.6 Å². The summed E-state index contributed by atoms with van der Waals surface area (Å²) in [5.41, 5.74) is 2.39. The number of methoxy groups -OCH3 is 1. The van der Waals surface area contributed by atoms with Gasteiger partial charge in [0, 0.05) is 11.9 Å². The van der Waals surface area contributed by atoms with Gasteiger partial charge in [-0.15, -0.1) is 11.3 Å². The fraction of sp³-hybridized carbons (Fsp3) is 0.308. The van der Waals surface area contributed by atoms with Crippen LogP contribution >= 0.6 is 23.6 Å². The number of ether oxygens (including phenoxy) is 1. The molecule has 0 aliphatic carbocycles. The zero-order valence-electron chi connectivity index (χ0n) is 9.97. The van der Waals surface area contributed by atoms with Crippen molar-refractivity contribution in [3.8, 4) is 17.0 Å². The summed E-state index contributed by atoms with van der Waals surface area (Å²) in [5, 5.41) is 2.12. The number of rotatable bonds is 4. The van der Waals surface area contributed by atoms with Gasteiger partial charge in [-0.05, 0) is 48.5 Å². The van der Waals surface area contributed by atoms with Crippen molar-refractivity contribution >= 4 is 23.6 Å². The standard InChI is InChI=1S/C13H15NOS2/c1-3-8-14-12(9-17-13(14)16)10-4-6-11(15-2)7-5-10/h4-7,9H,3,8H2,1-2H3. The van der Waals surface area contributed by atoms with Gasteiger partial charge in [-0.1, -0.05) is 6.92 Å². The molecular formula is C13H15NOS2. The average molecular weight is 265 g/mol. The molecule has 2 nitrogen and oxygen atoms in total. The first kappa shape index (κ1) is 12.3. The Balaban J connectivity index is 2.41. The van der Waals surface area contributed by atoms with E-state index in [0.29, 0.717) is 0 Å². The summed E-state index contributed by atoms with van der Waals surface area (Å²) >= 11 is 6.97. The number of nitrogens with zero attached hydrogens (tertiary/aromatic N) is 1. The van der Waals surface area contributed by atoms with Crippen LogP contribution in [0, 0.1) is 3.95 Å². The number of aromatic nitrogens is 1. The smallest absolute Gasteiger partial charge is 0.161 e. The molecule has 0 spiro atoms. The molecule has 1 heterocycles. The van der Waals surface area contributed by atoms with Crippen molar-refractivity contribution < 1.29 is 4.74 Å². The van der Waals surface area contributed by atoms with Crippen molar-refractivity contribution in [1.82, 2.24) is 4.57 Å². The lowest BCUT2D eigenvalue weighted by atomic mass is 10.1. The maximum atomic E-state index is 5.34. The highest BCUT2D eigenvalue weighted by Gasteiger charge is 2.06. The first-order chi connectivity index (χ1) is 8.26. The van der Waals surface area contributed by atoms with Crippen LogP contribution in [0.3, 0.4) is 0 Å². The minimum absolute atomic E-state index is 0.879. The second-order valence-electron chi connectivity index (χ2n) is 3.77. The molecule has 2 aromatic rings. The number of thiazole rings is 1. The van der Waals surface area contributed by atoms with Gasteiger partial charge in [0.15, 0.2) is 3.95 Å². The number of hydrogen-bond donors (Lipinski definition) is 0. The first-order valence-electron chi connectivity index (χ1n) is 5.59. The van der Waals surface area contributed by atoms with Crippen LogP contribution in [0.4, 0.5) is 0 Å². The molecule has 1 aromatic heterocycles. The number of benzene rings is 1. The van der Waals surface area contributed by atoms with Gasteiger partial charge < -0.3 is 9.30 Å². The molecule has 17 heavy (non-hydrogen) atoms. The lowest BCUT2D eigenvalue weighted by Crippen LogP contribution is -1.98. The topological polar surface area (TPSA) is 14.2 Å². The Morgan fingerprint density at radius 2 is 2.00 bits per heavy atom. The molecule has 4 heteroatoms. The van der Waals surface area contributed by atoms with Crippen LogP contribution in [0.25, 0.3) is 11.3 Å². The van der Waals surface area contributed by atoms with Gasteiger partial charge in [0.25, 0.3) is 0 Å². The number of hydrogen-bond acceptors (Lipinski definition) is 3. The SMILES string of the molecule is CCCn1c(-c2ccc(OC)cc2)csc1=S. The highest BCUT2D eigenvalue weighted by Crippen LogP contribution is 2.26. The van der Waals surface area contributed by atoms with Crippen LogP contribution in [0.15, 0.2) is 29.6 Å². The van der Waals surface area contributed by atoms with Crippen LogP contribution in [0.2, 0.25) is 0 Å². The van der Waals surface area contributed by atoms with E-state index in [4.69, 9.17) is 17.0 Å². The lowest BCUT2D eigenvalue weighted by Gasteiger charge is -2.08. The predicted octanol–water partition coefficient (Wildman–Crippen LogP) is 4.36. The molecule has 2 rings (SSSR count). The van der Waals surface area contributed by atoms with Crippen molar-refractivity contribution in [1.29, 1.82) is 0 Å². The minimum Gasteiger partial charge on any atom is -0.497 e. The van der Waals surface area contributed by atoms with E-state index in [9.17, 15) is 0 Å². The Morgan fingerprint density at radius 3 is 2.59 bits per heavy atom. The normalized spacial score (nSPS) is 10.5. The van der Waals surface area contributed by atoms with Gasteiger partial charge in [-0.25, -0.2) is 0 Å². The molecule has 0 aliphatic rings. The minimum atomic E-state index is 0.879. The highest BCUT2D eigenvalue weighted by molar-refractivity contribution is 7.73. The van der Waals surface area contributed by atoms with Gasteiger partial charge in [0.2, 0.25) is 0 Å². The molecule has 0 fully saturated rings. The molecule has 90 valence electrons. The van der Waals surface area contributed by atoms with Gasteiger partial charge >= 0.3 is 0 Å². The van der Waals surface area contributed by atoms with Crippen LogP contribution in [-0.4, -0.2) is 11.7 Å². The summed E-state index contributed by atoms with van der Waals surface area (Å²) < 4.78 is 8.30. The molecule has 1 aromatic carbocycles. The maximum Gasteiger partial charge on any atom is 0.161 e. The van der Waals surface area contributed by atoms with Gasteiger partial charge in [-0.3, -0.25) is 0 Å². The fourth-order valence-electron chi connectivity index (χ4n) is 1.75. The molecule has 0 saturated heterocycles. The molecule has 0 bridgehead atoms. The van der Waals surface area contributed by atoms with E-state index in [1.165, 1.54) is 11.3 Å². The predicted molar refractivity (Wildman–Crippen MR) is 75.4 cm³/mol. The third kappa shape index (κ3) is 2.58. The van der Waals surface area contributed by atoms with Gasteiger partial charge in [-0.2, -0.15) is 0 Å². The molecular weight excluding hydrogens is 250 g/mol. The van der Waals surface area contributed by atoms with Crippen molar-refractivity contribution in [2.75, 3.05) is 7.11 Å². The molecule has 0 amide bonds. The van der Waals surface area contributed by atoms with E-state index < -0.39 is 0 Å². The Bertz CT molecular complexity index is 539. The molecule has 0 radical (unpaired) electrons. The summed E-state index contributed by atoms with van der Waals surface area (Å²) in [5.74, 6) is 0.879. The third-order valence-corrected chi connectivity index (χ3v) is 3.89. The Morgan fingerprint density at radius 1 is 1.29 bits per heavy atom. The van der Waals surface area contributed by atoms with E-state index in [0.717, 1.165) is 22.7 Å². The van der Waals surface area contributed by atoms with Crippen LogP contribution < -0.4 is 4.74 Å². The summed E-state index contributed by atoms with van der Waals surface area (Å²) in [4.78, 5) is 0. The summed E-state index contributed by atoms with van der Waals surface area (Å²) in [6.07, 6.45) is 1.09. The maximum absolute atomic E-state index is 5.34.